The Morgan fingerprint density at radius 1 is 1.31 bits per heavy atom. The molecule has 152 valence electrons. The van der Waals surface area contributed by atoms with Crippen LogP contribution in [0.1, 0.15) is 28.0 Å². The van der Waals surface area contributed by atoms with E-state index in [0.717, 1.165) is 11.3 Å². The first-order chi connectivity index (χ1) is 13.8. The van der Waals surface area contributed by atoms with Crippen LogP contribution in [0.3, 0.4) is 0 Å². The molecule has 0 aliphatic carbocycles. The summed E-state index contributed by atoms with van der Waals surface area (Å²) in [5.41, 5.74) is 1.23. The lowest BCUT2D eigenvalue weighted by molar-refractivity contribution is -0.0612. The van der Waals surface area contributed by atoms with Crippen LogP contribution in [0.15, 0.2) is 47.4 Å². The van der Waals surface area contributed by atoms with Gasteiger partial charge in [-0.05, 0) is 33.0 Å². The van der Waals surface area contributed by atoms with E-state index in [0.29, 0.717) is 18.6 Å². The Morgan fingerprint density at radius 2 is 2.03 bits per heavy atom. The summed E-state index contributed by atoms with van der Waals surface area (Å²) >= 11 is 0. The minimum atomic E-state index is -0.801. The quantitative estimate of drug-likeness (QED) is 0.690. The largest absolute Gasteiger partial charge is 0.389 e. The number of aliphatic hydroxyl groups is 1. The maximum atomic E-state index is 13.1. The molecule has 1 saturated heterocycles. The number of likely N-dealkylation sites (N-methyl/N-ethyl adjacent to an activating group) is 1. The Balaban J connectivity index is 1.64. The number of H-pyrrole nitrogens is 1. The third-order valence-corrected chi connectivity index (χ3v) is 5.92. The third-order valence-electron chi connectivity index (χ3n) is 5.92. The molecular formula is C21H25N5O3. The van der Waals surface area contributed by atoms with Crippen molar-refractivity contribution >= 4 is 11.6 Å². The summed E-state index contributed by atoms with van der Waals surface area (Å²) in [6, 6.07) is 11.6. The molecule has 4 rings (SSSR count). The number of nitrogens with zero attached hydrogens (tertiary/aromatic N) is 4. The van der Waals surface area contributed by atoms with Crippen molar-refractivity contribution in [3.05, 3.63) is 69.8 Å². The van der Waals surface area contributed by atoms with Crippen molar-refractivity contribution in [3.63, 3.8) is 0 Å². The topological polar surface area (TPSA) is 93.9 Å². The number of likely N-dealkylation sites (tertiary alicyclic amines) is 1. The summed E-state index contributed by atoms with van der Waals surface area (Å²) in [4.78, 5) is 33.6. The standard InChI is InChI=1S/C21H25N5O3/c1-14-11-18-22-12-16(20(29)26(18)23-14)19(28)25-10-9-21(24(2)3,17(27)13-25)15-7-5-4-6-8-15/h4-8,11-12,17,23,27H,9-10,13H2,1-3H3/t17-,21+/m1/s1. The van der Waals surface area contributed by atoms with Gasteiger partial charge in [0.15, 0.2) is 5.65 Å². The minimum absolute atomic E-state index is 0.00591. The molecule has 0 radical (unpaired) electrons. The molecule has 2 N–H and O–H groups in total. The summed E-state index contributed by atoms with van der Waals surface area (Å²) in [5, 5.41) is 14.0. The lowest BCUT2D eigenvalue weighted by Crippen LogP contribution is -2.61. The highest BCUT2D eigenvalue weighted by Gasteiger charge is 2.46. The van der Waals surface area contributed by atoms with E-state index in [2.05, 4.69) is 10.1 Å². The summed E-state index contributed by atoms with van der Waals surface area (Å²) < 4.78 is 1.27. The fourth-order valence-corrected chi connectivity index (χ4v) is 4.35. The zero-order chi connectivity index (χ0) is 20.8. The van der Waals surface area contributed by atoms with E-state index in [4.69, 9.17) is 0 Å². The molecule has 8 heteroatoms. The molecule has 3 aromatic rings. The predicted octanol–water partition coefficient (Wildman–Crippen LogP) is 0.995. The maximum absolute atomic E-state index is 13.1. The molecule has 2 aromatic heterocycles. The van der Waals surface area contributed by atoms with Crippen LogP contribution in [0.25, 0.3) is 5.65 Å². The first-order valence-corrected chi connectivity index (χ1v) is 9.62. The second-order valence-electron chi connectivity index (χ2n) is 7.81. The number of benzene rings is 1. The highest BCUT2D eigenvalue weighted by Crippen LogP contribution is 2.37. The SMILES string of the molecule is Cc1cc2ncc(C(=O)N3CC[C@@](c4ccccc4)(N(C)C)[C@H](O)C3)c(=O)n2[nH]1. The Morgan fingerprint density at radius 3 is 2.69 bits per heavy atom. The minimum Gasteiger partial charge on any atom is -0.389 e. The zero-order valence-electron chi connectivity index (χ0n) is 16.8. The van der Waals surface area contributed by atoms with Crippen molar-refractivity contribution < 1.29 is 9.90 Å². The van der Waals surface area contributed by atoms with Crippen LogP contribution in [0.5, 0.6) is 0 Å². The number of carbonyl (C=O) groups excluding carboxylic acids is 1. The van der Waals surface area contributed by atoms with Crippen LogP contribution in [0, 0.1) is 6.92 Å². The van der Waals surface area contributed by atoms with E-state index < -0.39 is 23.1 Å². The second kappa shape index (κ2) is 7.13. The average molecular weight is 395 g/mol. The molecule has 1 aromatic carbocycles. The van der Waals surface area contributed by atoms with Crippen molar-refractivity contribution in [3.8, 4) is 0 Å². The van der Waals surface area contributed by atoms with E-state index in [1.54, 1.807) is 6.07 Å². The van der Waals surface area contributed by atoms with E-state index in [1.165, 1.54) is 15.6 Å². The Kier molecular flexibility index (Phi) is 4.76. The summed E-state index contributed by atoms with van der Waals surface area (Å²) in [6.07, 6.45) is 1.07. The Bertz CT molecular complexity index is 1100. The molecule has 1 aliphatic heterocycles. The number of rotatable bonds is 3. The number of fused-ring (bicyclic) bond motifs is 1. The Labute approximate surface area is 168 Å². The van der Waals surface area contributed by atoms with Crippen molar-refractivity contribution in [1.29, 1.82) is 0 Å². The summed E-state index contributed by atoms with van der Waals surface area (Å²) in [6.45, 7) is 2.38. The van der Waals surface area contributed by atoms with Gasteiger partial charge in [0.2, 0.25) is 0 Å². The molecule has 8 nitrogen and oxygen atoms in total. The highest BCUT2D eigenvalue weighted by molar-refractivity contribution is 5.93. The van der Waals surface area contributed by atoms with Gasteiger partial charge in [0.05, 0.1) is 11.6 Å². The van der Waals surface area contributed by atoms with Gasteiger partial charge in [0.1, 0.15) is 5.56 Å². The number of amides is 1. The van der Waals surface area contributed by atoms with Gasteiger partial charge in [-0.2, -0.15) is 0 Å². The van der Waals surface area contributed by atoms with Crippen LogP contribution in [-0.2, 0) is 5.54 Å². The van der Waals surface area contributed by atoms with Crippen molar-refractivity contribution in [2.75, 3.05) is 27.2 Å². The van der Waals surface area contributed by atoms with Gasteiger partial charge in [0, 0.05) is 31.0 Å². The molecule has 1 amide bonds. The van der Waals surface area contributed by atoms with Crippen molar-refractivity contribution in [2.45, 2.75) is 25.0 Å². The first kappa shape index (κ1) is 19.4. The molecule has 0 unspecified atom stereocenters. The zero-order valence-corrected chi connectivity index (χ0v) is 16.8. The lowest BCUT2D eigenvalue weighted by atomic mass is 9.77. The molecule has 2 atom stereocenters. The molecule has 1 fully saturated rings. The number of hydrogen-bond donors (Lipinski definition) is 2. The van der Waals surface area contributed by atoms with Gasteiger partial charge in [-0.1, -0.05) is 30.3 Å². The molecule has 0 bridgehead atoms. The van der Waals surface area contributed by atoms with E-state index >= 15 is 0 Å². The van der Waals surface area contributed by atoms with Gasteiger partial charge in [-0.25, -0.2) is 9.50 Å². The monoisotopic (exact) mass is 395 g/mol. The normalized spacial score (nSPS) is 22.4. The third kappa shape index (κ3) is 3.04. The molecule has 29 heavy (non-hydrogen) atoms. The number of piperidine rings is 1. The van der Waals surface area contributed by atoms with Gasteiger partial charge in [-0.15, -0.1) is 0 Å². The van der Waals surface area contributed by atoms with Gasteiger partial charge < -0.3 is 10.0 Å². The van der Waals surface area contributed by atoms with Crippen molar-refractivity contribution in [2.24, 2.45) is 0 Å². The van der Waals surface area contributed by atoms with Crippen LogP contribution >= 0.6 is 0 Å². The van der Waals surface area contributed by atoms with Crippen LogP contribution < -0.4 is 5.56 Å². The van der Waals surface area contributed by atoms with Crippen LogP contribution in [0.4, 0.5) is 0 Å². The molecule has 0 saturated carbocycles. The van der Waals surface area contributed by atoms with E-state index in [1.807, 2.05) is 56.3 Å². The van der Waals surface area contributed by atoms with Gasteiger partial charge in [-0.3, -0.25) is 19.6 Å². The fourth-order valence-electron chi connectivity index (χ4n) is 4.35. The summed E-state index contributed by atoms with van der Waals surface area (Å²) in [5.74, 6) is -0.413. The molecule has 1 aliphatic rings. The number of hydrogen-bond acceptors (Lipinski definition) is 5. The number of carbonyl (C=O) groups is 1. The first-order valence-electron chi connectivity index (χ1n) is 9.62. The molecular weight excluding hydrogens is 370 g/mol. The number of aliphatic hydroxyl groups excluding tert-OH is 1. The smallest absolute Gasteiger partial charge is 0.285 e. The second-order valence-corrected chi connectivity index (χ2v) is 7.81. The maximum Gasteiger partial charge on any atom is 0.285 e. The highest BCUT2D eigenvalue weighted by atomic mass is 16.3. The molecule has 3 heterocycles. The number of β-amino-alcohol motifs (C(OH)–C–C–N with tert-alkyl or cyclic N) is 1. The number of aromatic amines is 1. The number of aromatic nitrogens is 3. The summed E-state index contributed by atoms with van der Waals surface area (Å²) in [7, 11) is 3.87. The molecule has 0 spiro atoms. The average Bonchev–Trinajstić information content (AvgIpc) is 3.09. The van der Waals surface area contributed by atoms with Crippen LogP contribution in [0.2, 0.25) is 0 Å². The van der Waals surface area contributed by atoms with E-state index in [-0.39, 0.29) is 12.1 Å². The number of nitrogens with one attached hydrogen (secondary N) is 1. The Hall–Kier alpha value is -2.97. The fraction of sp³-hybridized carbons (Fsp3) is 0.381. The van der Waals surface area contributed by atoms with Crippen LogP contribution in [-0.4, -0.2) is 68.7 Å². The predicted molar refractivity (Wildman–Crippen MR) is 109 cm³/mol. The number of aryl methyl sites for hydroxylation is 1. The van der Waals surface area contributed by atoms with Crippen molar-refractivity contribution in [1.82, 2.24) is 24.4 Å². The van der Waals surface area contributed by atoms with Gasteiger partial charge >= 0.3 is 0 Å². The lowest BCUT2D eigenvalue weighted by Gasteiger charge is -2.49. The van der Waals surface area contributed by atoms with E-state index in [9.17, 15) is 14.7 Å². The van der Waals surface area contributed by atoms with Gasteiger partial charge in [0.25, 0.3) is 11.5 Å².